The molecular weight excluding hydrogens is 574 g/mol. The Balaban J connectivity index is 1.43. The molecule has 0 saturated carbocycles. The monoisotopic (exact) mass is 599 g/mol. The normalized spacial score (nSPS) is 21.9. The molecule has 4 aromatic rings. The van der Waals surface area contributed by atoms with Crippen molar-refractivity contribution < 1.29 is 41.8 Å². The Morgan fingerprint density at radius 2 is 1.70 bits per heavy atom. The quantitative estimate of drug-likeness (QED) is 0.268. The fourth-order valence-electron chi connectivity index (χ4n) is 6.44. The summed E-state index contributed by atoms with van der Waals surface area (Å²) < 4.78 is 64.9. The molecule has 14 heteroatoms. The number of hydrogen-bond donors (Lipinski definition) is 2. The molecular formula is C29H25F4N5O5. The molecule has 2 saturated heterocycles. The molecule has 2 aromatic heterocycles. The highest BCUT2D eigenvalue weighted by Crippen LogP contribution is 2.61. The van der Waals surface area contributed by atoms with Gasteiger partial charge in [0.15, 0.2) is 5.69 Å². The van der Waals surface area contributed by atoms with E-state index in [1.807, 2.05) is 0 Å². The van der Waals surface area contributed by atoms with Crippen LogP contribution in [0.15, 0.2) is 42.5 Å². The Morgan fingerprint density at radius 3 is 2.37 bits per heavy atom. The molecule has 2 aliphatic rings. The van der Waals surface area contributed by atoms with E-state index in [1.165, 1.54) is 37.3 Å². The number of benzene rings is 2. The van der Waals surface area contributed by atoms with Crippen LogP contribution in [0.25, 0.3) is 21.8 Å². The molecule has 0 radical (unpaired) electrons. The number of amides is 2. The summed E-state index contributed by atoms with van der Waals surface area (Å²) in [6.45, 7) is -0.461. The lowest BCUT2D eigenvalue weighted by Crippen LogP contribution is -2.55. The SMILES string of the molecule is CCOC(=O)C12CN(C(=O)c3cc(C)nc4ccc(O)cc34)CC1(C(F)(F)F)CN(C(=O)c1n[nH]c3ccc(F)cc13)C2. The van der Waals surface area contributed by atoms with E-state index >= 15 is 13.2 Å². The zero-order valence-corrected chi connectivity index (χ0v) is 23.0. The van der Waals surface area contributed by atoms with Crippen molar-refractivity contribution in [2.45, 2.75) is 20.0 Å². The Morgan fingerprint density at radius 1 is 1.00 bits per heavy atom. The molecule has 0 bridgehead atoms. The molecule has 43 heavy (non-hydrogen) atoms. The van der Waals surface area contributed by atoms with Gasteiger partial charge in [-0.05, 0) is 56.3 Å². The van der Waals surface area contributed by atoms with E-state index in [0.29, 0.717) is 16.7 Å². The van der Waals surface area contributed by atoms with Crippen LogP contribution in [-0.2, 0) is 9.53 Å². The number of likely N-dealkylation sites (tertiary alicyclic amines) is 2. The van der Waals surface area contributed by atoms with Gasteiger partial charge < -0.3 is 19.6 Å². The summed E-state index contributed by atoms with van der Waals surface area (Å²) in [7, 11) is 0. The predicted octanol–water partition coefficient (Wildman–Crippen LogP) is 3.97. The lowest BCUT2D eigenvalue weighted by atomic mass is 9.67. The van der Waals surface area contributed by atoms with Gasteiger partial charge >= 0.3 is 12.1 Å². The van der Waals surface area contributed by atoms with Gasteiger partial charge in [-0.1, -0.05) is 0 Å². The summed E-state index contributed by atoms with van der Waals surface area (Å²) in [5.74, 6) is -3.75. The summed E-state index contributed by atoms with van der Waals surface area (Å²) >= 11 is 0. The second kappa shape index (κ2) is 9.64. The number of nitrogens with zero attached hydrogens (tertiary/aromatic N) is 4. The standard InChI is InChI=1S/C29H25F4N5O5/c1-3-43-26(42)27-11-37(24(40)19-8-15(2)34-21-7-5-17(39)10-18(19)21)13-28(27,29(31,32)33)14-38(12-27)25(41)23-20-9-16(30)4-6-22(20)35-36-23/h4-10,39H,3,11-14H2,1-2H3,(H,35,36). The first-order chi connectivity index (χ1) is 20.3. The van der Waals surface area contributed by atoms with Crippen molar-refractivity contribution in [3.05, 3.63) is 65.2 Å². The second-order valence-electron chi connectivity index (χ2n) is 11.0. The number of rotatable bonds is 4. The number of aromatic hydroxyl groups is 1. The highest BCUT2D eigenvalue weighted by Gasteiger charge is 2.79. The third-order valence-corrected chi connectivity index (χ3v) is 8.42. The van der Waals surface area contributed by atoms with Gasteiger partial charge in [-0.3, -0.25) is 24.5 Å². The van der Waals surface area contributed by atoms with Crippen molar-refractivity contribution >= 4 is 39.6 Å². The Kier molecular flexibility index (Phi) is 6.36. The third-order valence-electron chi connectivity index (χ3n) is 8.42. The maximum absolute atomic E-state index is 15.2. The average molecular weight is 600 g/mol. The van der Waals surface area contributed by atoms with Crippen molar-refractivity contribution in [3.63, 3.8) is 0 Å². The van der Waals surface area contributed by atoms with Gasteiger partial charge in [-0.15, -0.1) is 0 Å². The Labute approximate surface area is 241 Å². The predicted molar refractivity (Wildman–Crippen MR) is 144 cm³/mol. The van der Waals surface area contributed by atoms with Crippen LogP contribution in [0.4, 0.5) is 17.6 Å². The molecule has 224 valence electrons. The third kappa shape index (κ3) is 4.18. The second-order valence-corrected chi connectivity index (χ2v) is 11.0. The maximum Gasteiger partial charge on any atom is 0.399 e. The van der Waals surface area contributed by atoms with Crippen LogP contribution < -0.4 is 0 Å². The number of nitrogens with one attached hydrogen (secondary N) is 1. The number of carbonyl (C=O) groups is 3. The molecule has 6 rings (SSSR count). The molecule has 2 atom stereocenters. The number of aryl methyl sites for hydroxylation is 1. The maximum atomic E-state index is 15.2. The highest BCUT2D eigenvalue weighted by molar-refractivity contribution is 6.08. The highest BCUT2D eigenvalue weighted by atomic mass is 19.4. The first-order valence-corrected chi connectivity index (χ1v) is 13.4. The van der Waals surface area contributed by atoms with Crippen molar-refractivity contribution in [2.24, 2.45) is 10.8 Å². The molecule has 4 heterocycles. The average Bonchev–Trinajstić information content (AvgIpc) is 3.61. The van der Waals surface area contributed by atoms with E-state index < -0.39 is 66.8 Å². The first-order valence-electron chi connectivity index (χ1n) is 13.4. The number of phenols is 1. The zero-order chi connectivity index (χ0) is 30.9. The van der Waals surface area contributed by atoms with Crippen LogP contribution in [0.1, 0.15) is 33.5 Å². The Bertz CT molecular complexity index is 1820. The van der Waals surface area contributed by atoms with Crippen molar-refractivity contribution in [1.29, 1.82) is 0 Å². The van der Waals surface area contributed by atoms with Gasteiger partial charge in [0.25, 0.3) is 11.8 Å². The van der Waals surface area contributed by atoms with Crippen LogP contribution in [0.3, 0.4) is 0 Å². The first kappa shape index (κ1) is 28.4. The molecule has 2 amide bonds. The minimum absolute atomic E-state index is 0.00709. The van der Waals surface area contributed by atoms with Crippen LogP contribution >= 0.6 is 0 Å². The van der Waals surface area contributed by atoms with Crippen LogP contribution in [0, 0.1) is 23.6 Å². The number of esters is 1. The van der Waals surface area contributed by atoms with Crippen molar-refractivity contribution in [3.8, 4) is 5.75 Å². The molecule has 10 nitrogen and oxygen atoms in total. The Hall–Kier alpha value is -4.75. The molecule has 2 aromatic carbocycles. The molecule has 2 unspecified atom stereocenters. The minimum Gasteiger partial charge on any atom is -0.508 e. The van der Waals surface area contributed by atoms with Crippen LogP contribution in [0.2, 0.25) is 0 Å². The van der Waals surface area contributed by atoms with E-state index in [9.17, 15) is 23.9 Å². The van der Waals surface area contributed by atoms with E-state index in [4.69, 9.17) is 4.74 Å². The number of fused-ring (bicyclic) bond motifs is 3. The number of carbonyl (C=O) groups excluding carboxylic acids is 3. The van der Waals surface area contributed by atoms with Gasteiger partial charge in [-0.25, -0.2) is 4.39 Å². The minimum atomic E-state index is -5.06. The van der Waals surface area contributed by atoms with Crippen LogP contribution in [-0.4, -0.2) is 86.8 Å². The summed E-state index contributed by atoms with van der Waals surface area (Å²) in [6, 6.07) is 9.10. The van der Waals surface area contributed by atoms with Gasteiger partial charge in [0, 0.05) is 42.6 Å². The number of alkyl halides is 3. The number of aromatic amines is 1. The summed E-state index contributed by atoms with van der Waals surface area (Å²) in [6.07, 6.45) is -5.06. The number of ether oxygens (including phenoxy) is 1. The van der Waals surface area contributed by atoms with Crippen molar-refractivity contribution in [1.82, 2.24) is 25.0 Å². The van der Waals surface area contributed by atoms with E-state index in [-0.39, 0.29) is 34.4 Å². The smallest absolute Gasteiger partial charge is 0.399 e. The topological polar surface area (TPSA) is 129 Å². The van der Waals surface area contributed by atoms with Gasteiger partial charge in [-0.2, -0.15) is 18.3 Å². The van der Waals surface area contributed by atoms with Crippen LogP contribution in [0.5, 0.6) is 5.75 Å². The van der Waals surface area contributed by atoms with Gasteiger partial charge in [0.05, 0.1) is 23.2 Å². The van der Waals surface area contributed by atoms with E-state index in [2.05, 4.69) is 15.2 Å². The van der Waals surface area contributed by atoms with Gasteiger partial charge in [0.1, 0.15) is 22.4 Å². The number of halogens is 4. The summed E-state index contributed by atoms with van der Waals surface area (Å²) in [5.41, 5.74) is -4.45. The number of phenolic OH excluding ortho intramolecular Hbond substituents is 1. The largest absolute Gasteiger partial charge is 0.508 e. The lowest BCUT2D eigenvalue weighted by Gasteiger charge is -2.36. The number of pyridine rings is 1. The zero-order valence-electron chi connectivity index (χ0n) is 23.0. The number of H-pyrrole nitrogens is 1. The molecule has 2 aliphatic heterocycles. The van der Waals surface area contributed by atoms with E-state index in [1.54, 1.807) is 6.92 Å². The summed E-state index contributed by atoms with van der Waals surface area (Å²) in [4.78, 5) is 47.2. The molecule has 0 spiro atoms. The molecule has 2 N–H and O–H groups in total. The fourth-order valence-corrected chi connectivity index (χ4v) is 6.44. The van der Waals surface area contributed by atoms with E-state index in [0.717, 1.165) is 21.9 Å². The fraction of sp³-hybridized carbons (Fsp3) is 0.345. The number of aromatic nitrogens is 3. The summed E-state index contributed by atoms with van der Waals surface area (Å²) in [5, 5.41) is 16.8. The van der Waals surface area contributed by atoms with Gasteiger partial charge in [0.2, 0.25) is 0 Å². The van der Waals surface area contributed by atoms with Crippen molar-refractivity contribution in [2.75, 3.05) is 32.8 Å². The molecule has 0 aliphatic carbocycles. The number of hydrogen-bond acceptors (Lipinski definition) is 7. The molecule has 2 fully saturated rings. The lowest BCUT2D eigenvalue weighted by molar-refractivity contribution is -0.241.